The Bertz CT molecular complexity index is 104. The standard InChI is InChI=1S/C10H22O3/c1-9(10(2)11)5-4-6-13-8-7-12-3/h9-11H,4-8H2,1-3H3. The van der Waals surface area contributed by atoms with E-state index in [0.29, 0.717) is 19.1 Å². The Kier molecular flexibility index (Phi) is 8.40. The summed E-state index contributed by atoms with van der Waals surface area (Å²) in [6.07, 6.45) is 1.82. The van der Waals surface area contributed by atoms with Crippen molar-refractivity contribution in [3.8, 4) is 0 Å². The van der Waals surface area contributed by atoms with Crippen molar-refractivity contribution in [2.75, 3.05) is 26.9 Å². The van der Waals surface area contributed by atoms with Crippen LogP contribution >= 0.6 is 0 Å². The first-order valence-electron chi connectivity index (χ1n) is 4.93. The summed E-state index contributed by atoms with van der Waals surface area (Å²) in [6.45, 7) is 5.97. The van der Waals surface area contributed by atoms with Crippen LogP contribution in [0.3, 0.4) is 0 Å². The van der Waals surface area contributed by atoms with Gasteiger partial charge in [-0.3, -0.25) is 0 Å². The van der Waals surface area contributed by atoms with E-state index >= 15 is 0 Å². The first-order chi connectivity index (χ1) is 6.18. The lowest BCUT2D eigenvalue weighted by molar-refractivity contribution is 0.0624. The fourth-order valence-corrected chi connectivity index (χ4v) is 0.993. The summed E-state index contributed by atoms with van der Waals surface area (Å²) in [7, 11) is 1.67. The predicted octanol–water partition coefficient (Wildman–Crippen LogP) is 1.45. The number of hydrogen-bond donors (Lipinski definition) is 1. The van der Waals surface area contributed by atoms with Crippen molar-refractivity contribution in [2.24, 2.45) is 5.92 Å². The summed E-state index contributed by atoms with van der Waals surface area (Å²) in [5.74, 6) is 0.367. The third-order valence-electron chi connectivity index (χ3n) is 2.20. The molecule has 1 N–H and O–H groups in total. The zero-order valence-electron chi connectivity index (χ0n) is 8.95. The molecule has 0 rings (SSSR count). The van der Waals surface area contributed by atoms with Gasteiger partial charge in [-0.25, -0.2) is 0 Å². The fraction of sp³-hybridized carbons (Fsp3) is 1.00. The molecule has 0 aliphatic carbocycles. The van der Waals surface area contributed by atoms with Gasteiger partial charge in [0, 0.05) is 13.7 Å². The Hall–Kier alpha value is -0.120. The third-order valence-corrected chi connectivity index (χ3v) is 2.20. The molecule has 0 saturated heterocycles. The van der Waals surface area contributed by atoms with E-state index < -0.39 is 0 Å². The third kappa shape index (κ3) is 8.22. The van der Waals surface area contributed by atoms with Gasteiger partial charge in [0.15, 0.2) is 0 Å². The van der Waals surface area contributed by atoms with Crippen LogP contribution in [-0.2, 0) is 9.47 Å². The minimum atomic E-state index is -0.209. The molecule has 0 fully saturated rings. The monoisotopic (exact) mass is 190 g/mol. The first-order valence-corrected chi connectivity index (χ1v) is 4.93. The van der Waals surface area contributed by atoms with Crippen molar-refractivity contribution < 1.29 is 14.6 Å². The highest BCUT2D eigenvalue weighted by Gasteiger charge is 2.07. The van der Waals surface area contributed by atoms with Crippen LogP contribution in [0.1, 0.15) is 26.7 Å². The molecule has 0 aromatic carbocycles. The second kappa shape index (κ2) is 8.48. The molecule has 2 unspecified atom stereocenters. The Morgan fingerprint density at radius 2 is 1.85 bits per heavy atom. The molecule has 80 valence electrons. The molecule has 0 saturated carbocycles. The number of ether oxygens (including phenoxy) is 2. The molecule has 13 heavy (non-hydrogen) atoms. The van der Waals surface area contributed by atoms with Gasteiger partial charge in [0.2, 0.25) is 0 Å². The highest BCUT2D eigenvalue weighted by Crippen LogP contribution is 2.09. The lowest BCUT2D eigenvalue weighted by Gasteiger charge is -2.13. The van der Waals surface area contributed by atoms with Crippen molar-refractivity contribution >= 4 is 0 Å². The Morgan fingerprint density at radius 1 is 1.15 bits per heavy atom. The highest BCUT2D eigenvalue weighted by atomic mass is 16.5. The summed E-state index contributed by atoms with van der Waals surface area (Å²) >= 11 is 0. The van der Waals surface area contributed by atoms with Gasteiger partial charge in [-0.15, -0.1) is 0 Å². The Morgan fingerprint density at radius 3 is 2.38 bits per heavy atom. The van der Waals surface area contributed by atoms with Gasteiger partial charge in [-0.05, 0) is 25.7 Å². The largest absolute Gasteiger partial charge is 0.393 e. The second-order valence-corrected chi connectivity index (χ2v) is 3.47. The Labute approximate surface area is 81.0 Å². The summed E-state index contributed by atoms with van der Waals surface area (Å²) < 4.78 is 10.1. The molecule has 0 aromatic rings. The molecule has 0 radical (unpaired) electrons. The Balaban J connectivity index is 3.07. The average Bonchev–Trinajstić information content (AvgIpc) is 2.10. The molecule has 0 aromatic heterocycles. The number of aliphatic hydroxyl groups is 1. The van der Waals surface area contributed by atoms with Crippen molar-refractivity contribution in [3.63, 3.8) is 0 Å². The van der Waals surface area contributed by atoms with E-state index in [1.54, 1.807) is 7.11 Å². The molecule has 2 atom stereocenters. The van der Waals surface area contributed by atoms with Gasteiger partial charge in [0.1, 0.15) is 0 Å². The van der Waals surface area contributed by atoms with E-state index in [1.165, 1.54) is 0 Å². The SMILES string of the molecule is COCCOCCCC(C)C(C)O. The van der Waals surface area contributed by atoms with Gasteiger partial charge in [-0.2, -0.15) is 0 Å². The maximum Gasteiger partial charge on any atom is 0.0700 e. The number of methoxy groups -OCH3 is 1. The maximum absolute atomic E-state index is 9.20. The van der Waals surface area contributed by atoms with Crippen LogP contribution in [0.5, 0.6) is 0 Å². The van der Waals surface area contributed by atoms with E-state index in [9.17, 15) is 5.11 Å². The zero-order valence-corrected chi connectivity index (χ0v) is 8.95. The summed E-state index contributed by atoms with van der Waals surface area (Å²) in [5, 5.41) is 9.20. The van der Waals surface area contributed by atoms with Gasteiger partial charge in [0.05, 0.1) is 19.3 Å². The number of rotatable bonds is 8. The predicted molar refractivity (Wildman–Crippen MR) is 52.8 cm³/mol. The molecular weight excluding hydrogens is 168 g/mol. The first kappa shape index (κ1) is 12.9. The normalized spacial score (nSPS) is 15.7. The number of hydrogen-bond acceptors (Lipinski definition) is 3. The van der Waals surface area contributed by atoms with E-state index in [0.717, 1.165) is 19.4 Å². The number of aliphatic hydroxyl groups excluding tert-OH is 1. The molecule has 0 aliphatic heterocycles. The van der Waals surface area contributed by atoms with Gasteiger partial charge in [-0.1, -0.05) is 6.92 Å². The second-order valence-electron chi connectivity index (χ2n) is 3.47. The van der Waals surface area contributed by atoms with Crippen molar-refractivity contribution in [1.82, 2.24) is 0 Å². The molecule has 0 bridgehead atoms. The van der Waals surface area contributed by atoms with Crippen molar-refractivity contribution in [3.05, 3.63) is 0 Å². The summed E-state index contributed by atoms with van der Waals surface area (Å²) in [4.78, 5) is 0. The smallest absolute Gasteiger partial charge is 0.0700 e. The molecule has 0 spiro atoms. The molecule has 3 heteroatoms. The average molecular weight is 190 g/mol. The van der Waals surface area contributed by atoms with Crippen LogP contribution < -0.4 is 0 Å². The van der Waals surface area contributed by atoms with Gasteiger partial charge in [0.25, 0.3) is 0 Å². The molecule has 3 nitrogen and oxygen atoms in total. The topological polar surface area (TPSA) is 38.7 Å². The van der Waals surface area contributed by atoms with E-state index in [-0.39, 0.29) is 6.10 Å². The van der Waals surface area contributed by atoms with Crippen LogP contribution in [-0.4, -0.2) is 38.1 Å². The fourth-order valence-electron chi connectivity index (χ4n) is 0.993. The quantitative estimate of drug-likeness (QED) is 0.589. The van der Waals surface area contributed by atoms with Crippen LogP contribution in [0, 0.1) is 5.92 Å². The van der Waals surface area contributed by atoms with E-state index in [2.05, 4.69) is 6.92 Å². The minimum Gasteiger partial charge on any atom is -0.393 e. The molecular formula is C10H22O3. The van der Waals surface area contributed by atoms with Crippen LogP contribution in [0.15, 0.2) is 0 Å². The van der Waals surface area contributed by atoms with Gasteiger partial charge < -0.3 is 14.6 Å². The van der Waals surface area contributed by atoms with Crippen LogP contribution in [0.25, 0.3) is 0 Å². The lowest BCUT2D eigenvalue weighted by Crippen LogP contribution is -2.13. The van der Waals surface area contributed by atoms with Crippen molar-refractivity contribution in [1.29, 1.82) is 0 Å². The minimum absolute atomic E-state index is 0.209. The molecule has 0 aliphatic rings. The summed E-state index contributed by atoms with van der Waals surface area (Å²) in [5.41, 5.74) is 0. The molecule has 0 amide bonds. The van der Waals surface area contributed by atoms with E-state index in [4.69, 9.17) is 9.47 Å². The highest BCUT2D eigenvalue weighted by molar-refractivity contribution is 4.58. The maximum atomic E-state index is 9.20. The zero-order chi connectivity index (χ0) is 10.1. The van der Waals surface area contributed by atoms with Crippen molar-refractivity contribution in [2.45, 2.75) is 32.8 Å². The van der Waals surface area contributed by atoms with Crippen LogP contribution in [0.4, 0.5) is 0 Å². The van der Waals surface area contributed by atoms with Gasteiger partial charge >= 0.3 is 0 Å². The molecule has 0 heterocycles. The summed E-state index contributed by atoms with van der Waals surface area (Å²) in [6, 6.07) is 0. The lowest BCUT2D eigenvalue weighted by atomic mass is 10.0. The van der Waals surface area contributed by atoms with Crippen LogP contribution in [0.2, 0.25) is 0 Å². The van der Waals surface area contributed by atoms with E-state index in [1.807, 2.05) is 6.92 Å².